The maximum Gasteiger partial charge on any atom is 0.338 e. The van der Waals surface area contributed by atoms with Crippen LogP contribution >= 0.6 is 11.3 Å². The van der Waals surface area contributed by atoms with Crippen molar-refractivity contribution in [3.63, 3.8) is 0 Å². The SMILES string of the molecule is Cc1sc2nc(COC(=O)c3cccc(O)c3)nc(N)c2c1C. The second kappa shape index (κ2) is 5.85. The van der Waals surface area contributed by atoms with Crippen molar-refractivity contribution in [3.8, 4) is 5.75 Å². The van der Waals surface area contributed by atoms with Crippen LogP contribution in [0.2, 0.25) is 0 Å². The number of hydrogen-bond acceptors (Lipinski definition) is 7. The van der Waals surface area contributed by atoms with Gasteiger partial charge in [0, 0.05) is 4.88 Å². The molecule has 6 nitrogen and oxygen atoms in total. The van der Waals surface area contributed by atoms with Crippen molar-refractivity contribution < 1.29 is 14.6 Å². The summed E-state index contributed by atoms with van der Waals surface area (Å²) >= 11 is 1.54. The van der Waals surface area contributed by atoms with Gasteiger partial charge >= 0.3 is 5.97 Å². The summed E-state index contributed by atoms with van der Waals surface area (Å²) < 4.78 is 5.18. The van der Waals surface area contributed by atoms with Crippen molar-refractivity contribution in [2.24, 2.45) is 0 Å². The van der Waals surface area contributed by atoms with Crippen molar-refractivity contribution in [1.29, 1.82) is 0 Å². The third kappa shape index (κ3) is 2.95. The van der Waals surface area contributed by atoms with Gasteiger partial charge in [0.05, 0.1) is 10.9 Å². The Hall–Kier alpha value is -2.67. The predicted molar refractivity (Wildman–Crippen MR) is 88.5 cm³/mol. The summed E-state index contributed by atoms with van der Waals surface area (Å²) in [6, 6.07) is 5.96. The Morgan fingerprint density at radius 2 is 2.13 bits per heavy atom. The van der Waals surface area contributed by atoms with Crippen LogP contribution in [-0.4, -0.2) is 21.0 Å². The first kappa shape index (κ1) is 15.2. The minimum atomic E-state index is -0.554. The van der Waals surface area contributed by atoms with Gasteiger partial charge in [-0.3, -0.25) is 0 Å². The summed E-state index contributed by atoms with van der Waals surface area (Å²) in [5, 5.41) is 10.2. The molecule has 0 amide bonds. The van der Waals surface area contributed by atoms with Crippen LogP contribution < -0.4 is 5.73 Å². The number of fused-ring (bicyclic) bond motifs is 1. The van der Waals surface area contributed by atoms with Gasteiger partial charge in [0.15, 0.2) is 12.4 Å². The number of aromatic nitrogens is 2. The molecule has 23 heavy (non-hydrogen) atoms. The Morgan fingerprint density at radius 3 is 2.87 bits per heavy atom. The van der Waals surface area contributed by atoms with Crippen LogP contribution in [0.3, 0.4) is 0 Å². The van der Waals surface area contributed by atoms with E-state index in [1.165, 1.54) is 23.5 Å². The van der Waals surface area contributed by atoms with Gasteiger partial charge in [-0.25, -0.2) is 14.8 Å². The lowest BCUT2D eigenvalue weighted by molar-refractivity contribution is 0.0462. The Kier molecular flexibility index (Phi) is 3.87. The van der Waals surface area contributed by atoms with Gasteiger partial charge in [-0.15, -0.1) is 11.3 Å². The highest BCUT2D eigenvalue weighted by Crippen LogP contribution is 2.31. The predicted octanol–water partition coefficient (Wildman–Crippen LogP) is 2.95. The van der Waals surface area contributed by atoms with Crippen LogP contribution in [0.15, 0.2) is 24.3 Å². The molecule has 0 saturated carbocycles. The van der Waals surface area contributed by atoms with Gasteiger partial charge < -0.3 is 15.6 Å². The maximum absolute atomic E-state index is 12.0. The molecule has 0 aliphatic rings. The molecule has 3 N–H and O–H groups in total. The van der Waals surface area contributed by atoms with Gasteiger partial charge in [0.1, 0.15) is 16.4 Å². The number of nitrogens with zero attached hydrogens (tertiary/aromatic N) is 2. The number of thiophene rings is 1. The number of rotatable bonds is 3. The first-order chi connectivity index (χ1) is 11.0. The number of ether oxygens (including phenoxy) is 1. The van der Waals surface area contributed by atoms with Crippen LogP contribution in [0, 0.1) is 13.8 Å². The molecule has 2 aromatic heterocycles. The fourth-order valence-corrected chi connectivity index (χ4v) is 3.29. The number of aryl methyl sites for hydroxylation is 2. The number of esters is 1. The lowest BCUT2D eigenvalue weighted by atomic mass is 10.2. The topological polar surface area (TPSA) is 98.3 Å². The Morgan fingerprint density at radius 1 is 1.35 bits per heavy atom. The third-order valence-corrected chi connectivity index (χ3v) is 4.62. The van der Waals surface area contributed by atoms with Gasteiger partial charge in [-0.2, -0.15) is 0 Å². The molecule has 0 bridgehead atoms. The van der Waals surface area contributed by atoms with Crippen molar-refractivity contribution in [2.75, 3.05) is 5.73 Å². The number of nitrogen functional groups attached to an aromatic ring is 1. The summed E-state index contributed by atoms with van der Waals surface area (Å²) in [6.45, 7) is 3.91. The molecule has 0 spiro atoms. The van der Waals surface area contributed by atoms with E-state index in [1.54, 1.807) is 12.1 Å². The molecular formula is C16H15N3O3S. The van der Waals surface area contributed by atoms with E-state index in [0.29, 0.717) is 11.6 Å². The van der Waals surface area contributed by atoms with Crippen LogP contribution in [0.4, 0.5) is 5.82 Å². The fraction of sp³-hybridized carbons (Fsp3) is 0.188. The smallest absolute Gasteiger partial charge is 0.338 e. The third-order valence-electron chi connectivity index (χ3n) is 3.52. The fourth-order valence-electron chi connectivity index (χ4n) is 2.24. The van der Waals surface area contributed by atoms with Crippen molar-refractivity contribution in [3.05, 3.63) is 46.1 Å². The number of carbonyl (C=O) groups is 1. The zero-order valence-electron chi connectivity index (χ0n) is 12.7. The average molecular weight is 329 g/mol. The molecule has 3 aromatic rings. The van der Waals surface area contributed by atoms with E-state index in [1.807, 2.05) is 13.8 Å². The number of carbonyl (C=O) groups excluding carboxylic acids is 1. The highest BCUT2D eigenvalue weighted by molar-refractivity contribution is 7.18. The van der Waals surface area contributed by atoms with Gasteiger partial charge in [-0.1, -0.05) is 6.07 Å². The number of aromatic hydroxyl groups is 1. The Labute approximate surface area is 136 Å². The molecule has 0 aliphatic heterocycles. The largest absolute Gasteiger partial charge is 0.508 e. The molecular weight excluding hydrogens is 314 g/mol. The van der Waals surface area contributed by atoms with E-state index in [-0.39, 0.29) is 17.9 Å². The van der Waals surface area contributed by atoms with E-state index < -0.39 is 5.97 Å². The molecule has 118 valence electrons. The molecule has 0 aliphatic carbocycles. The monoisotopic (exact) mass is 329 g/mol. The normalized spacial score (nSPS) is 10.9. The quantitative estimate of drug-likeness (QED) is 0.717. The minimum absolute atomic E-state index is 0.00546. The highest BCUT2D eigenvalue weighted by Gasteiger charge is 2.14. The van der Waals surface area contributed by atoms with Crippen molar-refractivity contribution in [2.45, 2.75) is 20.5 Å². The zero-order chi connectivity index (χ0) is 16.6. The number of phenolic OH excluding ortho intramolecular Hbond substituents is 1. The van der Waals surface area contributed by atoms with Gasteiger partial charge in [0.25, 0.3) is 0 Å². The molecule has 3 rings (SSSR count). The molecule has 0 atom stereocenters. The molecule has 0 fully saturated rings. The molecule has 2 heterocycles. The Bertz CT molecular complexity index is 905. The van der Waals surface area contributed by atoms with Crippen LogP contribution in [-0.2, 0) is 11.3 Å². The first-order valence-corrected chi connectivity index (χ1v) is 7.75. The second-order valence-electron chi connectivity index (χ2n) is 5.11. The van der Waals surface area contributed by atoms with Crippen molar-refractivity contribution in [1.82, 2.24) is 9.97 Å². The van der Waals surface area contributed by atoms with E-state index >= 15 is 0 Å². The van der Waals surface area contributed by atoms with Crippen LogP contribution in [0.5, 0.6) is 5.75 Å². The van der Waals surface area contributed by atoms with Gasteiger partial charge in [0.2, 0.25) is 0 Å². The summed E-state index contributed by atoms with van der Waals surface area (Å²) in [4.78, 5) is 22.5. The lowest BCUT2D eigenvalue weighted by Gasteiger charge is -2.06. The van der Waals surface area contributed by atoms with E-state index in [9.17, 15) is 9.90 Å². The first-order valence-electron chi connectivity index (χ1n) is 6.94. The number of nitrogens with two attached hydrogens (primary N) is 1. The summed E-state index contributed by atoms with van der Waals surface area (Å²) in [7, 11) is 0. The maximum atomic E-state index is 12.0. The number of benzene rings is 1. The molecule has 0 saturated heterocycles. The second-order valence-corrected chi connectivity index (χ2v) is 6.32. The zero-order valence-corrected chi connectivity index (χ0v) is 13.5. The van der Waals surface area contributed by atoms with Crippen LogP contribution in [0.1, 0.15) is 26.6 Å². The highest BCUT2D eigenvalue weighted by atomic mass is 32.1. The lowest BCUT2D eigenvalue weighted by Crippen LogP contribution is -2.08. The minimum Gasteiger partial charge on any atom is -0.508 e. The standard InChI is InChI=1S/C16H15N3O3S/c1-8-9(2)23-15-13(8)14(17)18-12(19-15)7-22-16(21)10-4-3-5-11(20)6-10/h3-6,20H,7H2,1-2H3,(H2,17,18,19). The van der Waals surface area contributed by atoms with Gasteiger partial charge in [-0.05, 0) is 37.6 Å². The summed E-state index contributed by atoms with van der Waals surface area (Å²) in [5.74, 6) is 0.192. The van der Waals surface area contributed by atoms with E-state index in [0.717, 1.165) is 20.7 Å². The average Bonchev–Trinajstić information content (AvgIpc) is 2.80. The summed E-state index contributed by atoms with van der Waals surface area (Å²) in [5.41, 5.74) is 7.33. The van der Waals surface area contributed by atoms with Crippen molar-refractivity contribution >= 4 is 33.3 Å². The number of phenols is 1. The van der Waals surface area contributed by atoms with Crippen LogP contribution in [0.25, 0.3) is 10.2 Å². The van der Waals surface area contributed by atoms with E-state index in [4.69, 9.17) is 10.5 Å². The number of anilines is 1. The molecule has 1 aromatic carbocycles. The van der Waals surface area contributed by atoms with E-state index in [2.05, 4.69) is 9.97 Å². The number of hydrogen-bond donors (Lipinski definition) is 2. The molecule has 7 heteroatoms. The molecule has 0 unspecified atom stereocenters. The summed E-state index contributed by atoms with van der Waals surface area (Å²) in [6.07, 6.45) is 0. The molecule has 0 radical (unpaired) electrons. The Balaban J connectivity index is 1.81.